The molecule has 0 saturated heterocycles. The Hall–Kier alpha value is -2.72. The molecule has 3 rings (SSSR count). The van der Waals surface area contributed by atoms with Crippen LogP contribution in [0.2, 0.25) is 0 Å². The Morgan fingerprint density at radius 3 is 2.42 bits per heavy atom. The van der Waals surface area contributed by atoms with Gasteiger partial charge in [0.1, 0.15) is 12.4 Å². The molecule has 0 radical (unpaired) electrons. The molecule has 24 heavy (non-hydrogen) atoms. The van der Waals surface area contributed by atoms with Crippen LogP contribution in [-0.2, 0) is 16.1 Å². The number of carbonyl (C=O) groups is 1. The van der Waals surface area contributed by atoms with Crippen molar-refractivity contribution in [2.75, 3.05) is 0 Å². The van der Waals surface area contributed by atoms with E-state index in [2.05, 4.69) is 0 Å². The van der Waals surface area contributed by atoms with Crippen LogP contribution < -0.4 is 0 Å². The Kier molecular flexibility index (Phi) is 5.18. The fourth-order valence-corrected chi connectivity index (χ4v) is 2.92. The average Bonchev–Trinajstić information content (AvgIpc) is 3.14. The minimum Gasteiger partial charge on any atom is -0.457 e. The average molecular weight is 338 g/mol. The van der Waals surface area contributed by atoms with Crippen molar-refractivity contribution in [3.05, 3.63) is 93.9 Å². The second-order valence-electron chi connectivity index (χ2n) is 5.15. The van der Waals surface area contributed by atoms with Gasteiger partial charge >= 0.3 is 5.97 Å². The van der Waals surface area contributed by atoms with Gasteiger partial charge in [0, 0.05) is 4.88 Å². The SMILES string of the molecule is O=C(OCc1ccccc1)/C(=C/c1ccc(F)cc1)c1cccs1. The summed E-state index contributed by atoms with van der Waals surface area (Å²) in [7, 11) is 0. The Morgan fingerprint density at radius 2 is 1.75 bits per heavy atom. The molecule has 0 aliphatic carbocycles. The van der Waals surface area contributed by atoms with Gasteiger partial charge in [-0.15, -0.1) is 11.3 Å². The Bertz CT molecular complexity index is 822. The number of hydrogen-bond donors (Lipinski definition) is 0. The van der Waals surface area contributed by atoms with Crippen LogP contribution in [0.15, 0.2) is 72.1 Å². The van der Waals surface area contributed by atoms with Crippen LogP contribution >= 0.6 is 11.3 Å². The van der Waals surface area contributed by atoms with Crippen molar-refractivity contribution in [2.24, 2.45) is 0 Å². The van der Waals surface area contributed by atoms with Gasteiger partial charge in [0.25, 0.3) is 0 Å². The van der Waals surface area contributed by atoms with Crippen molar-refractivity contribution in [1.29, 1.82) is 0 Å². The summed E-state index contributed by atoms with van der Waals surface area (Å²) in [5.41, 5.74) is 2.14. The fourth-order valence-electron chi connectivity index (χ4n) is 2.19. The highest BCUT2D eigenvalue weighted by Crippen LogP contribution is 2.25. The van der Waals surface area contributed by atoms with Gasteiger partial charge in [-0.1, -0.05) is 48.5 Å². The van der Waals surface area contributed by atoms with E-state index in [1.807, 2.05) is 47.8 Å². The van der Waals surface area contributed by atoms with E-state index in [-0.39, 0.29) is 12.4 Å². The molecule has 2 aromatic carbocycles. The zero-order chi connectivity index (χ0) is 16.8. The minimum absolute atomic E-state index is 0.214. The summed E-state index contributed by atoms with van der Waals surface area (Å²) in [6.07, 6.45) is 1.72. The molecule has 0 aliphatic rings. The number of hydrogen-bond acceptors (Lipinski definition) is 3. The van der Waals surface area contributed by atoms with Crippen molar-refractivity contribution in [3.63, 3.8) is 0 Å². The van der Waals surface area contributed by atoms with E-state index in [4.69, 9.17) is 4.74 Å². The summed E-state index contributed by atoms with van der Waals surface area (Å²) in [5, 5.41) is 1.90. The molecule has 0 aliphatic heterocycles. The summed E-state index contributed by atoms with van der Waals surface area (Å²) in [5.74, 6) is -0.706. The van der Waals surface area contributed by atoms with E-state index in [1.165, 1.54) is 23.5 Å². The molecule has 0 atom stereocenters. The van der Waals surface area contributed by atoms with Crippen LogP contribution in [0.5, 0.6) is 0 Å². The van der Waals surface area contributed by atoms with E-state index in [9.17, 15) is 9.18 Å². The molecule has 0 unspecified atom stereocenters. The third-order valence-electron chi connectivity index (χ3n) is 3.40. The van der Waals surface area contributed by atoms with E-state index in [1.54, 1.807) is 18.2 Å². The van der Waals surface area contributed by atoms with E-state index >= 15 is 0 Å². The van der Waals surface area contributed by atoms with E-state index in [0.717, 1.165) is 16.0 Å². The number of ether oxygens (including phenoxy) is 1. The van der Waals surface area contributed by atoms with E-state index < -0.39 is 5.97 Å². The molecule has 3 aromatic rings. The molecule has 0 spiro atoms. The lowest BCUT2D eigenvalue weighted by molar-refractivity contribution is -0.137. The molecule has 0 bridgehead atoms. The summed E-state index contributed by atoms with van der Waals surface area (Å²) in [6.45, 7) is 0.214. The minimum atomic E-state index is -0.398. The highest BCUT2D eigenvalue weighted by atomic mass is 32.1. The Morgan fingerprint density at radius 1 is 1.00 bits per heavy atom. The quantitative estimate of drug-likeness (QED) is 0.474. The predicted octanol–water partition coefficient (Wildman–Crippen LogP) is 5.17. The summed E-state index contributed by atoms with van der Waals surface area (Å²) in [4.78, 5) is 13.3. The molecular formula is C20H15FO2S. The van der Waals surface area contributed by atoms with Crippen LogP contribution in [0.1, 0.15) is 16.0 Å². The van der Waals surface area contributed by atoms with Crippen molar-refractivity contribution in [2.45, 2.75) is 6.61 Å². The van der Waals surface area contributed by atoms with Gasteiger partial charge in [-0.3, -0.25) is 0 Å². The number of benzene rings is 2. The summed E-state index contributed by atoms with van der Waals surface area (Å²) >= 11 is 1.46. The molecule has 1 aromatic heterocycles. The molecule has 0 N–H and O–H groups in total. The van der Waals surface area contributed by atoms with Crippen LogP contribution in [0.25, 0.3) is 11.6 Å². The normalized spacial score (nSPS) is 11.3. The topological polar surface area (TPSA) is 26.3 Å². The summed E-state index contributed by atoms with van der Waals surface area (Å²) < 4.78 is 18.5. The number of halogens is 1. The number of rotatable bonds is 5. The van der Waals surface area contributed by atoms with Crippen LogP contribution in [0, 0.1) is 5.82 Å². The van der Waals surface area contributed by atoms with Crippen LogP contribution in [0.3, 0.4) is 0 Å². The van der Waals surface area contributed by atoms with Crippen molar-refractivity contribution >= 4 is 29.0 Å². The maximum atomic E-state index is 13.1. The second kappa shape index (κ2) is 7.70. The monoisotopic (exact) mass is 338 g/mol. The van der Waals surface area contributed by atoms with Gasteiger partial charge in [-0.25, -0.2) is 9.18 Å². The lowest BCUT2D eigenvalue weighted by Crippen LogP contribution is -2.06. The lowest BCUT2D eigenvalue weighted by Gasteiger charge is -2.08. The molecule has 4 heteroatoms. The molecule has 120 valence electrons. The first-order valence-electron chi connectivity index (χ1n) is 7.44. The molecule has 0 fully saturated rings. The lowest BCUT2D eigenvalue weighted by atomic mass is 10.1. The first-order chi connectivity index (χ1) is 11.7. The zero-order valence-corrected chi connectivity index (χ0v) is 13.6. The maximum absolute atomic E-state index is 13.1. The molecular weight excluding hydrogens is 323 g/mol. The van der Waals surface area contributed by atoms with Gasteiger partial charge in [-0.2, -0.15) is 0 Å². The Balaban J connectivity index is 1.82. The van der Waals surface area contributed by atoms with Crippen LogP contribution in [-0.4, -0.2) is 5.97 Å². The largest absolute Gasteiger partial charge is 0.457 e. The van der Waals surface area contributed by atoms with Gasteiger partial charge in [0.05, 0.1) is 5.57 Å². The predicted molar refractivity (Wildman–Crippen MR) is 94.8 cm³/mol. The van der Waals surface area contributed by atoms with Crippen molar-refractivity contribution < 1.29 is 13.9 Å². The Labute approximate surface area is 143 Å². The first kappa shape index (κ1) is 16.1. The fraction of sp³-hybridized carbons (Fsp3) is 0.0500. The molecule has 2 nitrogen and oxygen atoms in total. The van der Waals surface area contributed by atoms with Gasteiger partial charge in [-0.05, 0) is 40.8 Å². The standard InChI is InChI=1S/C20H15FO2S/c21-17-10-8-15(9-11-17)13-18(19-7-4-12-24-19)20(22)23-14-16-5-2-1-3-6-16/h1-13H,14H2/b18-13+. The van der Waals surface area contributed by atoms with Gasteiger partial charge in [0.15, 0.2) is 0 Å². The van der Waals surface area contributed by atoms with E-state index in [0.29, 0.717) is 5.57 Å². The summed E-state index contributed by atoms with van der Waals surface area (Å²) in [6, 6.07) is 19.3. The first-order valence-corrected chi connectivity index (χ1v) is 8.32. The number of esters is 1. The number of carbonyl (C=O) groups excluding carboxylic acids is 1. The van der Waals surface area contributed by atoms with Crippen molar-refractivity contribution in [3.8, 4) is 0 Å². The zero-order valence-electron chi connectivity index (χ0n) is 12.8. The smallest absolute Gasteiger partial charge is 0.339 e. The highest BCUT2D eigenvalue weighted by Gasteiger charge is 2.15. The van der Waals surface area contributed by atoms with Crippen molar-refractivity contribution in [1.82, 2.24) is 0 Å². The molecule has 0 amide bonds. The third-order valence-corrected chi connectivity index (χ3v) is 4.30. The molecule has 0 saturated carbocycles. The van der Waals surface area contributed by atoms with Gasteiger partial charge in [0.2, 0.25) is 0 Å². The molecule has 1 heterocycles. The second-order valence-corrected chi connectivity index (χ2v) is 6.10. The highest BCUT2D eigenvalue weighted by molar-refractivity contribution is 7.11. The van der Waals surface area contributed by atoms with Gasteiger partial charge < -0.3 is 4.74 Å². The third kappa shape index (κ3) is 4.18. The maximum Gasteiger partial charge on any atom is 0.339 e. The van der Waals surface area contributed by atoms with Crippen LogP contribution in [0.4, 0.5) is 4.39 Å². The number of thiophene rings is 1.